The molecule has 0 amide bonds. The third-order valence-electron chi connectivity index (χ3n) is 1.42. The minimum atomic E-state index is 0.174. The summed E-state index contributed by atoms with van der Waals surface area (Å²) in [6.45, 7) is 2.21. The first-order chi connectivity index (χ1) is 5.36. The Morgan fingerprint density at radius 3 is 3.45 bits per heavy atom. The minimum Gasteiger partial charge on any atom is -0.444 e. The number of aliphatic imine (C=N–C) groups is 1. The quantitative estimate of drug-likeness (QED) is 0.479. The lowest BCUT2D eigenvalue weighted by Crippen LogP contribution is -1.91. The lowest BCUT2D eigenvalue weighted by Gasteiger charge is -1.92. The van der Waals surface area contributed by atoms with Gasteiger partial charge in [0.25, 0.3) is 5.88 Å². The number of nitrogens with zero attached hydrogens (tertiary/aromatic N) is 1. The predicted molar refractivity (Wildman–Crippen MR) is 39.5 cm³/mol. The molecule has 2 rings (SSSR count). The fourth-order valence-corrected chi connectivity index (χ4v) is 0.853. The molecule has 0 N–H and O–H groups in total. The van der Waals surface area contributed by atoms with Crippen molar-refractivity contribution in [2.45, 2.75) is 6.92 Å². The van der Waals surface area contributed by atoms with Crippen molar-refractivity contribution in [3.05, 3.63) is 11.6 Å². The Bertz CT molecular complexity index is 293. The number of hydrogen-bond acceptors (Lipinski definition) is 3. The molecule has 2 aliphatic rings. The third kappa shape index (κ3) is 1.07. The van der Waals surface area contributed by atoms with Crippen molar-refractivity contribution in [3.8, 4) is 11.8 Å². The molecular formula is C8H7NO2. The molecule has 0 bridgehead atoms. The Morgan fingerprint density at radius 1 is 1.64 bits per heavy atom. The van der Waals surface area contributed by atoms with Crippen LogP contribution >= 0.6 is 0 Å². The molecule has 0 aromatic rings. The van der Waals surface area contributed by atoms with E-state index in [1.807, 2.05) is 6.92 Å². The van der Waals surface area contributed by atoms with Crippen molar-refractivity contribution in [1.82, 2.24) is 0 Å². The van der Waals surface area contributed by atoms with Crippen LogP contribution in [0.15, 0.2) is 16.6 Å². The molecule has 0 spiro atoms. The van der Waals surface area contributed by atoms with Gasteiger partial charge >= 0.3 is 0 Å². The zero-order valence-corrected chi connectivity index (χ0v) is 6.13. The Hall–Kier alpha value is -1.43. The van der Waals surface area contributed by atoms with Gasteiger partial charge in [-0.2, -0.15) is 0 Å². The summed E-state index contributed by atoms with van der Waals surface area (Å²) in [5, 5.41) is 0. The lowest BCUT2D eigenvalue weighted by atomic mass is 10.2. The van der Waals surface area contributed by atoms with Crippen LogP contribution in [0, 0.1) is 17.8 Å². The molecule has 2 aliphatic heterocycles. The Labute approximate surface area is 64.7 Å². The predicted octanol–water partition coefficient (Wildman–Crippen LogP) is 0.884. The van der Waals surface area contributed by atoms with Gasteiger partial charge in [-0.15, -0.1) is 0 Å². The van der Waals surface area contributed by atoms with Crippen LogP contribution in [0.4, 0.5) is 0 Å². The summed E-state index contributed by atoms with van der Waals surface area (Å²) in [5.41, 5.74) is 0. The fraction of sp³-hybridized carbons (Fsp3) is 0.375. The first kappa shape index (κ1) is 6.29. The first-order valence-corrected chi connectivity index (χ1v) is 3.42. The summed E-state index contributed by atoms with van der Waals surface area (Å²) in [4.78, 5) is 4.05. The van der Waals surface area contributed by atoms with Crippen molar-refractivity contribution < 1.29 is 9.47 Å². The van der Waals surface area contributed by atoms with Gasteiger partial charge in [0.15, 0.2) is 0 Å². The average Bonchev–Trinajstić information content (AvgIpc) is 2.38. The molecule has 0 saturated carbocycles. The van der Waals surface area contributed by atoms with Gasteiger partial charge in [-0.05, 0) is 12.8 Å². The van der Waals surface area contributed by atoms with Crippen LogP contribution in [0.2, 0.25) is 0 Å². The van der Waals surface area contributed by atoms with E-state index in [2.05, 4.69) is 16.8 Å². The van der Waals surface area contributed by atoms with E-state index in [4.69, 9.17) is 9.47 Å². The largest absolute Gasteiger partial charge is 0.444 e. The van der Waals surface area contributed by atoms with E-state index in [1.54, 1.807) is 6.21 Å². The molecule has 0 aromatic carbocycles. The maximum Gasteiger partial charge on any atom is 0.269 e. The number of allylic oxidation sites excluding steroid dienone is 1. The fourth-order valence-electron chi connectivity index (χ4n) is 0.853. The van der Waals surface area contributed by atoms with Crippen molar-refractivity contribution in [2.24, 2.45) is 10.9 Å². The summed E-state index contributed by atoms with van der Waals surface area (Å²) in [6, 6.07) is 0. The summed E-state index contributed by atoms with van der Waals surface area (Å²) < 4.78 is 10.1. The average molecular weight is 149 g/mol. The normalized spacial score (nSPS) is 26.1. The van der Waals surface area contributed by atoms with Crippen LogP contribution in [-0.2, 0) is 9.47 Å². The zero-order valence-electron chi connectivity index (χ0n) is 6.13. The molecule has 0 aliphatic carbocycles. The second-order valence-corrected chi connectivity index (χ2v) is 2.38. The summed E-state index contributed by atoms with van der Waals surface area (Å²) in [5.74, 6) is 7.05. The van der Waals surface area contributed by atoms with Gasteiger partial charge in [-0.1, -0.05) is 5.92 Å². The Balaban J connectivity index is 2.35. The molecule has 56 valence electrons. The van der Waals surface area contributed by atoms with Gasteiger partial charge in [0.2, 0.25) is 12.6 Å². The summed E-state index contributed by atoms with van der Waals surface area (Å²) >= 11 is 0. The summed E-state index contributed by atoms with van der Waals surface area (Å²) in [7, 11) is 0. The topological polar surface area (TPSA) is 30.8 Å². The molecular weight excluding hydrogens is 142 g/mol. The molecule has 0 aromatic heterocycles. The molecule has 2 heterocycles. The lowest BCUT2D eigenvalue weighted by molar-refractivity contribution is 0.0747. The van der Waals surface area contributed by atoms with Crippen LogP contribution < -0.4 is 0 Å². The highest BCUT2D eigenvalue weighted by molar-refractivity contribution is 5.67. The van der Waals surface area contributed by atoms with Gasteiger partial charge in [0, 0.05) is 6.21 Å². The van der Waals surface area contributed by atoms with Crippen LogP contribution in [0.25, 0.3) is 0 Å². The van der Waals surface area contributed by atoms with Gasteiger partial charge in [-0.3, -0.25) is 0 Å². The van der Waals surface area contributed by atoms with Crippen molar-refractivity contribution in [1.29, 1.82) is 0 Å². The molecule has 3 heteroatoms. The Kier molecular flexibility index (Phi) is 1.32. The van der Waals surface area contributed by atoms with E-state index in [-0.39, 0.29) is 12.7 Å². The first-order valence-electron chi connectivity index (χ1n) is 3.42. The van der Waals surface area contributed by atoms with Gasteiger partial charge in [0.05, 0.1) is 5.92 Å². The second-order valence-electron chi connectivity index (χ2n) is 2.38. The van der Waals surface area contributed by atoms with Crippen molar-refractivity contribution in [3.63, 3.8) is 0 Å². The second kappa shape index (κ2) is 2.31. The van der Waals surface area contributed by atoms with E-state index < -0.39 is 0 Å². The monoisotopic (exact) mass is 149 g/mol. The van der Waals surface area contributed by atoms with Crippen LogP contribution in [-0.4, -0.2) is 13.0 Å². The van der Waals surface area contributed by atoms with Crippen LogP contribution in [0.1, 0.15) is 6.92 Å². The maximum atomic E-state index is 5.06. The smallest absolute Gasteiger partial charge is 0.269 e. The highest BCUT2D eigenvalue weighted by Crippen LogP contribution is 2.18. The number of hydrogen-bond donors (Lipinski definition) is 0. The van der Waals surface area contributed by atoms with Gasteiger partial charge < -0.3 is 9.47 Å². The molecule has 0 radical (unpaired) electrons. The van der Waals surface area contributed by atoms with E-state index in [0.717, 1.165) is 0 Å². The minimum absolute atomic E-state index is 0.174. The molecule has 1 atom stereocenters. The van der Waals surface area contributed by atoms with Crippen molar-refractivity contribution >= 4 is 6.21 Å². The highest BCUT2D eigenvalue weighted by atomic mass is 16.7. The maximum absolute atomic E-state index is 5.06. The zero-order chi connectivity index (χ0) is 7.68. The van der Waals surface area contributed by atoms with E-state index >= 15 is 0 Å². The van der Waals surface area contributed by atoms with Crippen LogP contribution in [0.5, 0.6) is 0 Å². The van der Waals surface area contributed by atoms with E-state index in [9.17, 15) is 0 Å². The molecule has 3 nitrogen and oxygen atoms in total. The standard InChI is InChI=1S/C8H7NO2/c1-6-2-3-7-8(9-4-6)11-5-10-7/h4,6H,5H2,1H3. The van der Waals surface area contributed by atoms with E-state index in [0.29, 0.717) is 11.6 Å². The van der Waals surface area contributed by atoms with Crippen molar-refractivity contribution in [2.75, 3.05) is 6.79 Å². The number of rotatable bonds is 0. The summed E-state index contributed by atoms with van der Waals surface area (Å²) in [6.07, 6.45) is 1.75. The van der Waals surface area contributed by atoms with E-state index in [1.165, 1.54) is 0 Å². The van der Waals surface area contributed by atoms with Gasteiger partial charge in [-0.25, -0.2) is 4.99 Å². The molecule has 0 fully saturated rings. The Morgan fingerprint density at radius 2 is 2.55 bits per heavy atom. The number of ether oxygens (including phenoxy) is 2. The molecule has 0 saturated heterocycles. The molecule has 1 unspecified atom stereocenters. The van der Waals surface area contributed by atoms with Gasteiger partial charge in [0.1, 0.15) is 0 Å². The highest BCUT2D eigenvalue weighted by Gasteiger charge is 2.16. The molecule has 11 heavy (non-hydrogen) atoms. The third-order valence-corrected chi connectivity index (χ3v) is 1.42. The van der Waals surface area contributed by atoms with Crippen LogP contribution in [0.3, 0.4) is 0 Å². The SMILES string of the molecule is CC1C#CC2=C(N=C1)OCO2.